The van der Waals surface area contributed by atoms with Crippen molar-refractivity contribution in [2.24, 2.45) is 0 Å². The van der Waals surface area contributed by atoms with Crippen molar-refractivity contribution in [2.45, 2.75) is 26.8 Å². The molecule has 0 fully saturated rings. The summed E-state index contributed by atoms with van der Waals surface area (Å²) in [4.78, 5) is 46.7. The van der Waals surface area contributed by atoms with Crippen LogP contribution in [0.5, 0.6) is 5.75 Å². The van der Waals surface area contributed by atoms with Crippen LogP contribution in [0.25, 0.3) is 0 Å². The third-order valence-electron chi connectivity index (χ3n) is 3.81. The predicted molar refractivity (Wildman–Crippen MR) is 91.2 cm³/mol. The van der Waals surface area contributed by atoms with Crippen LogP contribution < -0.4 is 10.1 Å². The third-order valence-corrected chi connectivity index (χ3v) is 3.81. The molecule has 1 aromatic rings. The Morgan fingerprint density at radius 3 is 2.46 bits per heavy atom. The summed E-state index contributed by atoms with van der Waals surface area (Å²) in [5.41, 5.74) is -0.127. The summed E-state index contributed by atoms with van der Waals surface area (Å²) >= 11 is 0. The second-order valence-electron chi connectivity index (χ2n) is 5.58. The first kappa shape index (κ1) is 20.9. The zero-order chi connectivity index (χ0) is 20.0. The van der Waals surface area contributed by atoms with E-state index in [1.807, 2.05) is 0 Å². The summed E-state index contributed by atoms with van der Waals surface area (Å²) < 4.78 is 5.08. The summed E-state index contributed by atoms with van der Waals surface area (Å²) in [6, 6.07) is 1.22. The molecule has 2 N–H and O–H groups in total. The second-order valence-corrected chi connectivity index (χ2v) is 5.58. The van der Waals surface area contributed by atoms with Crippen molar-refractivity contribution in [3.05, 3.63) is 33.4 Å². The van der Waals surface area contributed by atoms with Gasteiger partial charge in [-0.2, -0.15) is 0 Å². The smallest absolute Gasteiger partial charge is 0.326 e. The molecule has 142 valence electrons. The highest BCUT2D eigenvalue weighted by Crippen LogP contribution is 2.30. The van der Waals surface area contributed by atoms with Gasteiger partial charge in [-0.15, -0.1) is 0 Å². The van der Waals surface area contributed by atoms with E-state index in [1.54, 1.807) is 0 Å². The molecule has 0 aromatic heterocycles. The first-order chi connectivity index (χ1) is 12.1. The molecular formula is C16H21N3O7. The Bertz CT molecular complexity index is 733. The number of nitrogens with zero attached hydrogens (tertiary/aromatic N) is 2. The number of ether oxygens (including phenoxy) is 1. The van der Waals surface area contributed by atoms with Crippen LogP contribution in [-0.2, 0) is 9.59 Å². The molecule has 0 aliphatic rings. The summed E-state index contributed by atoms with van der Waals surface area (Å²) in [6.45, 7) is 4.06. The van der Waals surface area contributed by atoms with E-state index in [-0.39, 0.29) is 41.6 Å². The lowest BCUT2D eigenvalue weighted by Gasteiger charge is -2.27. The van der Waals surface area contributed by atoms with Crippen LogP contribution in [0.2, 0.25) is 0 Å². The molecule has 1 atom stereocenters. The van der Waals surface area contributed by atoms with Gasteiger partial charge in [0.2, 0.25) is 5.91 Å². The molecule has 0 radical (unpaired) electrons. The molecule has 0 aliphatic carbocycles. The highest BCUT2D eigenvalue weighted by Gasteiger charge is 2.28. The Kier molecular flexibility index (Phi) is 7.06. The topological polar surface area (TPSA) is 139 Å². The average molecular weight is 367 g/mol. The van der Waals surface area contributed by atoms with Crippen molar-refractivity contribution in [1.29, 1.82) is 0 Å². The van der Waals surface area contributed by atoms with E-state index in [9.17, 15) is 29.6 Å². The van der Waals surface area contributed by atoms with Gasteiger partial charge in [0.15, 0.2) is 0 Å². The van der Waals surface area contributed by atoms with E-state index in [1.165, 1.54) is 33.9 Å². The number of amides is 2. The normalized spacial score (nSPS) is 11.4. The minimum Gasteiger partial charge on any atom is -0.496 e. The van der Waals surface area contributed by atoms with Gasteiger partial charge in [-0.25, -0.2) is 4.79 Å². The number of methoxy groups -OCH3 is 1. The zero-order valence-electron chi connectivity index (χ0n) is 14.9. The SMILES string of the molecule is COc1cc(C(=O)N(CCNC(C)=O)C(C)C(=O)O)cc([N+](=O)[O-])c1C. The molecule has 10 heteroatoms. The number of rotatable bonds is 8. The van der Waals surface area contributed by atoms with Crippen molar-refractivity contribution in [3.63, 3.8) is 0 Å². The number of carbonyl (C=O) groups excluding carboxylic acids is 2. The van der Waals surface area contributed by atoms with E-state index in [4.69, 9.17) is 4.74 Å². The number of benzene rings is 1. The summed E-state index contributed by atoms with van der Waals surface area (Å²) in [7, 11) is 1.31. The fourth-order valence-electron chi connectivity index (χ4n) is 2.32. The number of carbonyl (C=O) groups is 3. The van der Waals surface area contributed by atoms with E-state index in [0.717, 1.165) is 11.0 Å². The first-order valence-electron chi connectivity index (χ1n) is 7.71. The lowest BCUT2D eigenvalue weighted by molar-refractivity contribution is -0.385. The van der Waals surface area contributed by atoms with Crippen molar-refractivity contribution in [1.82, 2.24) is 10.2 Å². The maximum absolute atomic E-state index is 12.8. The summed E-state index contributed by atoms with van der Waals surface area (Å²) in [5.74, 6) is -2.14. The molecule has 0 aliphatic heterocycles. The lowest BCUT2D eigenvalue weighted by Crippen LogP contribution is -2.46. The van der Waals surface area contributed by atoms with E-state index in [0.29, 0.717) is 0 Å². The van der Waals surface area contributed by atoms with Gasteiger partial charge in [-0.1, -0.05) is 0 Å². The highest BCUT2D eigenvalue weighted by molar-refractivity contribution is 5.97. The van der Waals surface area contributed by atoms with Gasteiger partial charge in [-0.05, 0) is 19.9 Å². The van der Waals surface area contributed by atoms with Gasteiger partial charge in [0.1, 0.15) is 11.8 Å². The van der Waals surface area contributed by atoms with Crippen molar-refractivity contribution in [3.8, 4) is 5.75 Å². The van der Waals surface area contributed by atoms with Gasteiger partial charge in [0, 0.05) is 26.1 Å². The van der Waals surface area contributed by atoms with Gasteiger partial charge in [-0.3, -0.25) is 19.7 Å². The van der Waals surface area contributed by atoms with Gasteiger partial charge < -0.3 is 20.1 Å². The fourth-order valence-corrected chi connectivity index (χ4v) is 2.32. The number of hydrogen-bond donors (Lipinski definition) is 2. The molecule has 0 saturated heterocycles. The monoisotopic (exact) mass is 367 g/mol. The van der Waals surface area contributed by atoms with E-state index < -0.39 is 22.8 Å². The second kappa shape index (κ2) is 8.79. The molecule has 10 nitrogen and oxygen atoms in total. The van der Waals surface area contributed by atoms with Crippen LogP contribution in [0.3, 0.4) is 0 Å². The number of hydrogen-bond acceptors (Lipinski definition) is 6. The molecular weight excluding hydrogens is 346 g/mol. The van der Waals surface area contributed by atoms with Crippen molar-refractivity contribution >= 4 is 23.5 Å². The molecule has 1 unspecified atom stereocenters. The van der Waals surface area contributed by atoms with Crippen molar-refractivity contribution < 1.29 is 29.2 Å². The molecule has 0 bridgehead atoms. The lowest BCUT2D eigenvalue weighted by atomic mass is 10.1. The van der Waals surface area contributed by atoms with Gasteiger partial charge >= 0.3 is 5.97 Å². The molecule has 1 aromatic carbocycles. The molecule has 0 heterocycles. The summed E-state index contributed by atoms with van der Waals surface area (Å²) in [5, 5.41) is 22.9. The first-order valence-corrected chi connectivity index (χ1v) is 7.71. The predicted octanol–water partition coefficient (Wildman–Crippen LogP) is 0.963. The maximum Gasteiger partial charge on any atom is 0.326 e. The van der Waals surface area contributed by atoms with Crippen LogP contribution in [0.1, 0.15) is 29.8 Å². The fraction of sp³-hybridized carbons (Fsp3) is 0.438. The Morgan fingerprint density at radius 2 is 2.00 bits per heavy atom. The molecule has 2 amide bonds. The van der Waals surface area contributed by atoms with E-state index >= 15 is 0 Å². The minimum atomic E-state index is -1.24. The Morgan fingerprint density at radius 1 is 1.38 bits per heavy atom. The molecule has 0 saturated carbocycles. The summed E-state index contributed by atoms with van der Waals surface area (Å²) in [6.07, 6.45) is 0. The number of carboxylic acids is 1. The van der Waals surface area contributed by atoms with Crippen LogP contribution in [0, 0.1) is 17.0 Å². The molecule has 0 spiro atoms. The number of aliphatic carboxylic acids is 1. The number of nitrogens with one attached hydrogen (secondary N) is 1. The van der Waals surface area contributed by atoms with Crippen LogP contribution in [0.4, 0.5) is 5.69 Å². The largest absolute Gasteiger partial charge is 0.496 e. The number of nitro benzene ring substituents is 1. The third kappa shape index (κ3) is 4.91. The molecule has 26 heavy (non-hydrogen) atoms. The van der Waals surface area contributed by atoms with Gasteiger partial charge in [0.25, 0.3) is 11.6 Å². The highest BCUT2D eigenvalue weighted by atomic mass is 16.6. The standard InChI is InChI=1S/C16H21N3O7/c1-9-13(19(24)25)7-12(8-14(9)26-4)15(21)18(10(2)16(22)23)6-5-17-11(3)20/h7-8,10H,5-6H2,1-4H3,(H,17,20)(H,22,23). The minimum absolute atomic E-state index is 0.0454. The van der Waals surface area contributed by atoms with Crippen LogP contribution in [-0.4, -0.2) is 59.0 Å². The quantitative estimate of drug-likeness (QED) is 0.515. The Hall–Kier alpha value is -3.17. The zero-order valence-corrected chi connectivity index (χ0v) is 14.9. The van der Waals surface area contributed by atoms with Crippen LogP contribution >= 0.6 is 0 Å². The Balaban J connectivity index is 3.28. The average Bonchev–Trinajstić information content (AvgIpc) is 2.57. The number of nitro groups is 1. The van der Waals surface area contributed by atoms with Crippen molar-refractivity contribution in [2.75, 3.05) is 20.2 Å². The van der Waals surface area contributed by atoms with E-state index in [2.05, 4.69) is 5.32 Å². The maximum atomic E-state index is 12.8. The molecule has 1 rings (SSSR count). The Labute approximate surface area is 149 Å². The van der Waals surface area contributed by atoms with Crippen LogP contribution in [0.15, 0.2) is 12.1 Å². The van der Waals surface area contributed by atoms with Gasteiger partial charge in [0.05, 0.1) is 23.2 Å². The number of carboxylic acid groups (broad SMARTS) is 1.